The predicted molar refractivity (Wildman–Crippen MR) is 111 cm³/mol. The highest BCUT2D eigenvalue weighted by atomic mass is 32.2. The molecule has 7 nitrogen and oxygen atoms in total. The van der Waals surface area contributed by atoms with Crippen LogP contribution in [-0.4, -0.2) is 39.4 Å². The first-order valence-electron chi connectivity index (χ1n) is 9.38. The Bertz CT molecular complexity index is 861. The van der Waals surface area contributed by atoms with Gasteiger partial charge >= 0.3 is 0 Å². The summed E-state index contributed by atoms with van der Waals surface area (Å²) in [6.45, 7) is 6.42. The molecule has 2 aromatic rings. The van der Waals surface area contributed by atoms with E-state index in [1.54, 1.807) is 30.5 Å². The molecule has 8 heteroatoms. The van der Waals surface area contributed by atoms with Crippen LogP contribution in [-0.2, 0) is 27.8 Å². The first-order chi connectivity index (χ1) is 13.4. The van der Waals surface area contributed by atoms with Crippen molar-refractivity contribution in [3.8, 4) is 0 Å². The molecule has 0 bridgehead atoms. The molecular weight excluding hydrogens is 376 g/mol. The van der Waals surface area contributed by atoms with Gasteiger partial charge in [0, 0.05) is 32.3 Å². The number of rotatable bonds is 10. The number of benzene rings is 1. The van der Waals surface area contributed by atoms with Gasteiger partial charge in [-0.15, -0.1) is 0 Å². The number of anilines is 1. The third kappa shape index (κ3) is 6.03. The van der Waals surface area contributed by atoms with Crippen molar-refractivity contribution in [1.82, 2.24) is 15.0 Å². The largest absolute Gasteiger partial charge is 0.357 e. The van der Waals surface area contributed by atoms with E-state index in [0.29, 0.717) is 19.4 Å². The van der Waals surface area contributed by atoms with Gasteiger partial charge in [0.1, 0.15) is 5.82 Å². The highest BCUT2D eigenvalue weighted by Crippen LogP contribution is 2.12. The number of carbonyl (C=O) groups excluding carboxylic acids is 1. The summed E-state index contributed by atoms with van der Waals surface area (Å²) in [7, 11) is -2.06. The van der Waals surface area contributed by atoms with E-state index in [0.717, 1.165) is 30.0 Å². The molecule has 0 aliphatic heterocycles. The van der Waals surface area contributed by atoms with E-state index < -0.39 is 10.0 Å². The van der Waals surface area contributed by atoms with E-state index in [2.05, 4.69) is 33.8 Å². The van der Waals surface area contributed by atoms with Crippen LogP contribution in [0.25, 0.3) is 0 Å². The third-order valence-electron chi connectivity index (χ3n) is 4.53. The Morgan fingerprint density at radius 3 is 2.21 bits per heavy atom. The zero-order valence-corrected chi connectivity index (χ0v) is 17.4. The highest BCUT2D eigenvalue weighted by molar-refractivity contribution is 7.89. The molecule has 0 fully saturated rings. The standard InChI is InChI=1S/C20H28N4O3S/c1-4-24(5-2)19-12-8-17(14-22-19)15-23-20(25)13-9-16-6-10-18(11-7-16)28(26,27)21-3/h6-8,10-12,14,21H,4-5,9,13,15H2,1-3H3,(H,23,25). The fourth-order valence-corrected chi connectivity index (χ4v) is 3.49. The minimum Gasteiger partial charge on any atom is -0.357 e. The van der Waals surface area contributed by atoms with Gasteiger partial charge in [-0.25, -0.2) is 18.1 Å². The number of sulfonamides is 1. The molecule has 0 saturated heterocycles. The van der Waals surface area contributed by atoms with E-state index in [-0.39, 0.29) is 10.8 Å². The Morgan fingerprint density at radius 1 is 1.04 bits per heavy atom. The minimum absolute atomic E-state index is 0.0558. The Labute approximate surface area is 167 Å². The van der Waals surface area contributed by atoms with Crippen molar-refractivity contribution in [2.45, 2.75) is 38.1 Å². The summed E-state index contributed by atoms with van der Waals surface area (Å²) >= 11 is 0. The maximum atomic E-state index is 12.1. The number of aryl methyl sites for hydroxylation is 1. The number of nitrogens with one attached hydrogen (secondary N) is 2. The van der Waals surface area contributed by atoms with Crippen LogP contribution in [0, 0.1) is 0 Å². The highest BCUT2D eigenvalue weighted by Gasteiger charge is 2.11. The smallest absolute Gasteiger partial charge is 0.240 e. The lowest BCUT2D eigenvalue weighted by Crippen LogP contribution is -2.24. The van der Waals surface area contributed by atoms with Gasteiger partial charge in [0.15, 0.2) is 0 Å². The van der Waals surface area contributed by atoms with Crippen molar-refractivity contribution in [2.75, 3.05) is 25.0 Å². The van der Waals surface area contributed by atoms with Gasteiger partial charge in [0.25, 0.3) is 0 Å². The Hall–Kier alpha value is -2.45. The monoisotopic (exact) mass is 404 g/mol. The molecule has 28 heavy (non-hydrogen) atoms. The second-order valence-corrected chi connectivity index (χ2v) is 8.21. The van der Waals surface area contributed by atoms with Gasteiger partial charge in [-0.05, 0) is 56.6 Å². The Kier molecular flexibility index (Phi) is 7.95. The average molecular weight is 405 g/mol. The van der Waals surface area contributed by atoms with Crippen LogP contribution in [0.5, 0.6) is 0 Å². The van der Waals surface area contributed by atoms with Crippen LogP contribution in [0.1, 0.15) is 31.4 Å². The molecule has 0 saturated carbocycles. The minimum atomic E-state index is -3.44. The van der Waals surface area contributed by atoms with Crippen molar-refractivity contribution >= 4 is 21.7 Å². The van der Waals surface area contributed by atoms with Gasteiger partial charge in [0.2, 0.25) is 15.9 Å². The maximum Gasteiger partial charge on any atom is 0.240 e. The second kappa shape index (κ2) is 10.2. The molecule has 0 atom stereocenters. The van der Waals surface area contributed by atoms with Crippen molar-refractivity contribution in [2.24, 2.45) is 0 Å². The van der Waals surface area contributed by atoms with Gasteiger partial charge < -0.3 is 10.2 Å². The molecule has 1 aromatic heterocycles. The molecule has 2 rings (SSSR count). The molecule has 1 amide bonds. The first kappa shape index (κ1) is 21.8. The van der Waals surface area contributed by atoms with E-state index in [1.807, 2.05) is 12.1 Å². The van der Waals surface area contributed by atoms with E-state index in [4.69, 9.17) is 0 Å². The normalized spacial score (nSPS) is 11.2. The fraction of sp³-hybridized carbons (Fsp3) is 0.400. The molecule has 1 heterocycles. The van der Waals surface area contributed by atoms with Gasteiger partial charge in [-0.3, -0.25) is 4.79 Å². The van der Waals surface area contributed by atoms with Crippen LogP contribution < -0.4 is 14.9 Å². The molecule has 0 unspecified atom stereocenters. The van der Waals surface area contributed by atoms with Crippen LogP contribution in [0.4, 0.5) is 5.82 Å². The van der Waals surface area contributed by atoms with E-state index in [1.165, 1.54) is 7.05 Å². The number of hydrogen-bond donors (Lipinski definition) is 2. The lowest BCUT2D eigenvalue weighted by atomic mass is 10.1. The number of aromatic nitrogens is 1. The van der Waals surface area contributed by atoms with Gasteiger partial charge in [-0.2, -0.15) is 0 Å². The zero-order chi connectivity index (χ0) is 20.6. The molecule has 2 N–H and O–H groups in total. The molecule has 0 radical (unpaired) electrons. The molecule has 1 aromatic carbocycles. The summed E-state index contributed by atoms with van der Waals surface area (Å²) in [5.41, 5.74) is 1.86. The Balaban J connectivity index is 1.81. The summed E-state index contributed by atoms with van der Waals surface area (Å²) in [6.07, 6.45) is 2.67. The average Bonchev–Trinajstić information content (AvgIpc) is 2.72. The number of pyridine rings is 1. The summed E-state index contributed by atoms with van der Waals surface area (Å²) in [4.78, 5) is 18.9. The number of nitrogens with zero attached hydrogens (tertiary/aromatic N) is 2. The van der Waals surface area contributed by atoms with E-state index >= 15 is 0 Å². The lowest BCUT2D eigenvalue weighted by Gasteiger charge is -2.19. The maximum absolute atomic E-state index is 12.1. The summed E-state index contributed by atoms with van der Waals surface area (Å²) in [5.74, 6) is 0.878. The molecule has 152 valence electrons. The summed E-state index contributed by atoms with van der Waals surface area (Å²) < 4.78 is 25.7. The summed E-state index contributed by atoms with van der Waals surface area (Å²) in [5, 5.41) is 2.89. The van der Waals surface area contributed by atoms with Crippen molar-refractivity contribution in [3.05, 3.63) is 53.7 Å². The topological polar surface area (TPSA) is 91.4 Å². The Morgan fingerprint density at radius 2 is 1.68 bits per heavy atom. The van der Waals surface area contributed by atoms with Gasteiger partial charge in [-0.1, -0.05) is 18.2 Å². The number of amides is 1. The molecule has 0 aliphatic rings. The molecular formula is C20H28N4O3S. The number of carbonyl (C=O) groups is 1. The SMILES string of the molecule is CCN(CC)c1ccc(CNC(=O)CCc2ccc(S(=O)(=O)NC)cc2)cn1. The van der Waals surface area contributed by atoms with Gasteiger partial charge in [0.05, 0.1) is 4.90 Å². The lowest BCUT2D eigenvalue weighted by molar-refractivity contribution is -0.121. The fourth-order valence-electron chi connectivity index (χ4n) is 2.76. The van der Waals surface area contributed by atoms with Crippen LogP contribution in [0.15, 0.2) is 47.5 Å². The van der Waals surface area contributed by atoms with Crippen molar-refractivity contribution in [1.29, 1.82) is 0 Å². The second-order valence-electron chi connectivity index (χ2n) is 6.33. The van der Waals surface area contributed by atoms with Crippen LogP contribution in [0.2, 0.25) is 0 Å². The first-order valence-corrected chi connectivity index (χ1v) is 10.9. The van der Waals surface area contributed by atoms with Crippen LogP contribution in [0.3, 0.4) is 0 Å². The number of hydrogen-bond acceptors (Lipinski definition) is 5. The van der Waals surface area contributed by atoms with Crippen LogP contribution >= 0.6 is 0 Å². The molecule has 0 spiro atoms. The predicted octanol–water partition coefficient (Wildman–Crippen LogP) is 2.08. The summed E-state index contributed by atoms with van der Waals surface area (Å²) in [6, 6.07) is 10.5. The molecule has 0 aliphatic carbocycles. The van der Waals surface area contributed by atoms with Crippen molar-refractivity contribution < 1.29 is 13.2 Å². The van der Waals surface area contributed by atoms with E-state index in [9.17, 15) is 13.2 Å². The van der Waals surface area contributed by atoms with Crippen molar-refractivity contribution in [3.63, 3.8) is 0 Å². The quantitative estimate of drug-likeness (QED) is 0.633. The third-order valence-corrected chi connectivity index (χ3v) is 5.96. The zero-order valence-electron chi connectivity index (χ0n) is 16.6.